The van der Waals surface area contributed by atoms with Gasteiger partial charge >= 0.3 is 0 Å². The van der Waals surface area contributed by atoms with Gasteiger partial charge in [0.25, 0.3) is 0 Å². The minimum absolute atomic E-state index is 0.852. The van der Waals surface area contributed by atoms with Gasteiger partial charge in [0, 0.05) is 11.1 Å². The lowest BCUT2D eigenvalue weighted by atomic mass is 9.94. The third-order valence-corrected chi connectivity index (χ3v) is 3.39. The number of quaternary nitrogens is 1. The van der Waals surface area contributed by atoms with Gasteiger partial charge in [0.15, 0.2) is 0 Å². The fraction of sp³-hybridized carbons (Fsp3) is 0.333. The normalized spacial score (nSPS) is 21.2. The van der Waals surface area contributed by atoms with E-state index < -0.39 is 0 Å². The minimum Gasteiger partial charge on any atom is -0.504 e. The summed E-state index contributed by atoms with van der Waals surface area (Å²) in [7, 11) is 6.03. The molecular weight excluding hydrogens is 246 g/mol. The van der Waals surface area contributed by atoms with Crippen LogP contribution in [0.15, 0.2) is 47.2 Å². The van der Waals surface area contributed by atoms with Crippen molar-refractivity contribution in [1.82, 2.24) is 0 Å². The van der Waals surface area contributed by atoms with Gasteiger partial charge in [-0.1, -0.05) is 41.9 Å². The predicted octanol–water partition coefficient (Wildman–Crippen LogP) is 3.26. The number of methoxy groups -OCH3 is 1. The number of halogens is 1. The molecule has 1 aromatic rings. The molecule has 0 atom stereocenters. The lowest BCUT2D eigenvalue weighted by Gasteiger charge is -2.35. The molecular formula is C15H19ClNO+. The van der Waals surface area contributed by atoms with Crippen LogP contribution in [0.3, 0.4) is 0 Å². The summed E-state index contributed by atoms with van der Waals surface area (Å²) in [4.78, 5) is 0. The Morgan fingerprint density at radius 2 is 1.83 bits per heavy atom. The van der Waals surface area contributed by atoms with Gasteiger partial charge in [0.1, 0.15) is 13.1 Å². The van der Waals surface area contributed by atoms with E-state index in [4.69, 9.17) is 16.3 Å². The first kappa shape index (κ1) is 13.2. The number of nitrogens with zero attached hydrogens (tertiary/aromatic N) is 1. The summed E-state index contributed by atoms with van der Waals surface area (Å²) < 4.78 is 6.06. The fourth-order valence-electron chi connectivity index (χ4n) is 2.41. The monoisotopic (exact) mass is 264 g/mol. The SMILES string of the molecule is CO/C=C1/C[N+](C)(C)CC(Cl)=C1c1ccccc1. The first-order valence-corrected chi connectivity index (χ1v) is 6.39. The maximum absolute atomic E-state index is 6.50. The van der Waals surface area contributed by atoms with Gasteiger partial charge in [0.05, 0.1) is 32.5 Å². The van der Waals surface area contributed by atoms with E-state index >= 15 is 0 Å². The highest BCUT2D eigenvalue weighted by Gasteiger charge is 2.30. The molecule has 1 aromatic carbocycles. The summed E-state index contributed by atoms with van der Waals surface area (Å²) in [5, 5.41) is 0.903. The van der Waals surface area contributed by atoms with E-state index in [9.17, 15) is 0 Å². The number of hydrogen-bond donors (Lipinski definition) is 0. The van der Waals surface area contributed by atoms with Crippen LogP contribution < -0.4 is 0 Å². The van der Waals surface area contributed by atoms with Gasteiger partial charge in [-0.3, -0.25) is 0 Å². The van der Waals surface area contributed by atoms with E-state index in [2.05, 4.69) is 26.2 Å². The Bertz CT molecular complexity index is 488. The van der Waals surface area contributed by atoms with Gasteiger partial charge in [-0.2, -0.15) is 0 Å². The van der Waals surface area contributed by atoms with Gasteiger partial charge in [0.2, 0.25) is 0 Å². The topological polar surface area (TPSA) is 9.23 Å². The van der Waals surface area contributed by atoms with Crippen LogP contribution in [0.2, 0.25) is 0 Å². The standard InChI is InChI=1S/C15H19ClNO/c1-17(2)9-13(11-18-3)15(14(16)10-17)12-7-5-4-6-8-12/h4-8,11H,9-10H2,1-3H3/q+1/b13-11-. The molecule has 0 spiro atoms. The average Bonchev–Trinajstić information content (AvgIpc) is 2.28. The zero-order valence-corrected chi connectivity index (χ0v) is 11.9. The van der Waals surface area contributed by atoms with Crippen molar-refractivity contribution >= 4 is 17.2 Å². The average molecular weight is 265 g/mol. The van der Waals surface area contributed by atoms with E-state index in [1.54, 1.807) is 7.11 Å². The Hall–Kier alpha value is -1.25. The molecule has 0 saturated heterocycles. The molecule has 0 aliphatic carbocycles. The smallest absolute Gasteiger partial charge is 0.116 e. The van der Waals surface area contributed by atoms with Crippen molar-refractivity contribution in [3.05, 3.63) is 52.8 Å². The van der Waals surface area contributed by atoms with Crippen LogP contribution in [0.4, 0.5) is 0 Å². The molecule has 0 fully saturated rings. The second kappa shape index (κ2) is 5.17. The van der Waals surface area contributed by atoms with Crippen LogP contribution in [0.5, 0.6) is 0 Å². The van der Waals surface area contributed by atoms with Crippen molar-refractivity contribution < 1.29 is 9.22 Å². The highest BCUT2D eigenvalue weighted by molar-refractivity contribution is 6.33. The zero-order valence-electron chi connectivity index (χ0n) is 11.1. The summed E-state index contributed by atoms with van der Waals surface area (Å²) in [5.41, 5.74) is 3.44. The van der Waals surface area contributed by atoms with E-state index in [0.29, 0.717) is 0 Å². The van der Waals surface area contributed by atoms with Crippen molar-refractivity contribution in [3.8, 4) is 0 Å². The summed E-state index contributed by atoms with van der Waals surface area (Å²) in [5.74, 6) is 0. The maximum Gasteiger partial charge on any atom is 0.116 e. The van der Waals surface area contributed by atoms with E-state index in [1.807, 2.05) is 24.5 Å². The van der Waals surface area contributed by atoms with Crippen molar-refractivity contribution in [1.29, 1.82) is 0 Å². The van der Waals surface area contributed by atoms with Crippen molar-refractivity contribution in [2.45, 2.75) is 0 Å². The quantitative estimate of drug-likeness (QED) is 0.589. The fourth-order valence-corrected chi connectivity index (χ4v) is 2.96. The molecule has 0 radical (unpaired) electrons. The highest BCUT2D eigenvalue weighted by Crippen LogP contribution is 2.35. The molecule has 0 saturated carbocycles. The molecule has 96 valence electrons. The van der Waals surface area contributed by atoms with Crippen LogP contribution in [-0.2, 0) is 4.74 Å². The summed E-state index contributed by atoms with van der Waals surface area (Å²) in [6.07, 6.45) is 1.81. The Kier molecular flexibility index (Phi) is 3.79. The molecule has 1 heterocycles. The Morgan fingerprint density at radius 1 is 1.17 bits per heavy atom. The summed E-state index contributed by atoms with van der Waals surface area (Å²) in [6.45, 7) is 1.78. The molecule has 2 nitrogen and oxygen atoms in total. The van der Waals surface area contributed by atoms with Crippen LogP contribution in [-0.4, -0.2) is 38.8 Å². The van der Waals surface area contributed by atoms with Crippen LogP contribution in [0, 0.1) is 0 Å². The lowest BCUT2D eigenvalue weighted by molar-refractivity contribution is -0.881. The summed E-state index contributed by atoms with van der Waals surface area (Å²) in [6, 6.07) is 10.3. The molecule has 2 rings (SSSR count). The van der Waals surface area contributed by atoms with E-state index in [0.717, 1.165) is 39.3 Å². The Labute approximate surface area is 114 Å². The number of benzene rings is 1. The van der Waals surface area contributed by atoms with Gasteiger partial charge < -0.3 is 9.22 Å². The molecule has 0 unspecified atom stereocenters. The maximum atomic E-state index is 6.50. The van der Waals surface area contributed by atoms with Crippen LogP contribution in [0.25, 0.3) is 5.57 Å². The molecule has 3 heteroatoms. The molecule has 0 aromatic heterocycles. The van der Waals surface area contributed by atoms with Crippen molar-refractivity contribution in [3.63, 3.8) is 0 Å². The predicted molar refractivity (Wildman–Crippen MR) is 76.1 cm³/mol. The molecule has 0 bridgehead atoms. The zero-order chi connectivity index (χ0) is 13.2. The number of hydrogen-bond acceptors (Lipinski definition) is 1. The van der Waals surface area contributed by atoms with E-state index in [1.165, 1.54) is 0 Å². The second-order valence-electron chi connectivity index (χ2n) is 5.28. The third kappa shape index (κ3) is 2.77. The number of likely N-dealkylation sites (N-methyl/N-ethyl adjacent to an activating group) is 1. The first-order valence-electron chi connectivity index (χ1n) is 6.02. The highest BCUT2D eigenvalue weighted by atomic mass is 35.5. The molecule has 18 heavy (non-hydrogen) atoms. The molecule has 1 aliphatic heterocycles. The second-order valence-corrected chi connectivity index (χ2v) is 5.73. The molecule has 0 amide bonds. The van der Waals surface area contributed by atoms with Crippen molar-refractivity contribution in [2.75, 3.05) is 34.3 Å². The third-order valence-electron chi connectivity index (χ3n) is 3.08. The molecule has 0 N–H and O–H groups in total. The molecule has 1 aliphatic rings. The number of rotatable bonds is 2. The van der Waals surface area contributed by atoms with Gasteiger partial charge in [-0.15, -0.1) is 0 Å². The largest absolute Gasteiger partial charge is 0.504 e. The van der Waals surface area contributed by atoms with E-state index in [-0.39, 0.29) is 0 Å². The van der Waals surface area contributed by atoms with Crippen LogP contribution in [0.1, 0.15) is 5.56 Å². The lowest BCUT2D eigenvalue weighted by Crippen LogP contribution is -2.45. The summed E-state index contributed by atoms with van der Waals surface area (Å²) >= 11 is 6.50. The Morgan fingerprint density at radius 3 is 2.44 bits per heavy atom. The van der Waals surface area contributed by atoms with Gasteiger partial charge in [-0.05, 0) is 5.56 Å². The van der Waals surface area contributed by atoms with Crippen LogP contribution >= 0.6 is 11.6 Å². The minimum atomic E-state index is 0.852. The number of ether oxygens (including phenoxy) is 1. The van der Waals surface area contributed by atoms with Crippen molar-refractivity contribution in [2.24, 2.45) is 0 Å². The first-order chi connectivity index (χ1) is 8.53. The van der Waals surface area contributed by atoms with Gasteiger partial charge in [-0.25, -0.2) is 0 Å². The Balaban J connectivity index is 2.51.